The first-order valence-corrected chi connectivity index (χ1v) is 5.91. The number of nitrogens with one attached hydrogen (secondary N) is 1. The van der Waals surface area contributed by atoms with Crippen LogP contribution in [0.15, 0.2) is 15.4 Å². The average molecular weight is 238 g/mol. The number of β-amino-alcohol motifs (C(OH)–C–C–N with tert-alkyl or cyclic N) is 1. The number of nitrogens with zero attached hydrogens (tertiary/aromatic N) is 3. The van der Waals surface area contributed by atoms with Crippen LogP contribution < -0.4 is 5.32 Å². The van der Waals surface area contributed by atoms with Gasteiger partial charge in [0.05, 0.1) is 17.7 Å². The Morgan fingerprint density at radius 2 is 2.50 bits per heavy atom. The Balaban J connectivity index is 1.83. The number of aliphatic hydroxyl groups excluding tert-OH is 1. The molecule has 1 aliphatic rings. The van der Waals surface area contributed by atoms with Crippen LogP contribution in [0, 0.1) is 0 Å². The lowest BCUT2D eigenvalue weighted by atomic mass is 10.2. The lowest BCUT2D eigenvalue weighted by molar-refractivity contribution is 0.191. The molecular formula is C9H10N4O2S. The number of rotatable bonds is 2. The first kappa shape index (κ1) is 9.88. The minimum atomic E-state index is -0.334. The zero-order chi connectivity index (χ0) is 11.0. The van der Waals surface area contributed by atoms with E-state index in [1.165, 1.54) is 11.3 Å². The molecule has 7 heteroatoms. The quantitative estimate of drug-likeness (QED) is 0.796. The third-order valence-corrected chi connectivity index (χ3v) is 3.10. The minimum absolute atomic E-state index is 0.0464. The van der Waals surface area contributed by atoms with Gasteiger partial charge in [0.25, 0.3) is 0 Å². The van der Waals surface area contributed by atoms with E-state index < -0.39 is 0 Å². The molecule has 1 fully saturated rings. The monoisotopic (exact) mass is 238 g/mol. The zero-order valence-corrected chi connectivity index (χ0v) is 9.15. The summed E-state index contributed by atoms with van der Waals surface area (Å²) in [6, 6.07) is -0.0464. The Labute approximate surface area is 95.3 Å². The molecule has 2 unspecified atom stereocenters. The fraction of sp³-hybridized carbons (Fsp3) is 0.444. The molecule has 2 N–H and O–H groups in total. The van der Waals surface area contributed by atoms with E-state index in [0.29, 0.717) is 24.7 Å². The van der Waals surface area contributed by atoms with Crippen molar-refractivity contribution >= 4 is 11.3 Å². The molecule has 1 saturated heterocycles. The maximum absolute atomic E-state index is 9.39. The summed E-state index contributed by atoms with van der Waals surface area (Å²) < 4.78 is 5.15. The smallest absolute Gasteiger partial charge is 0.244 e. The molecular weight excluding hydrogens is 228 g/mol. The summed E-state index contributed by atoms with van der Waals surface area (Å²) in [6.45, 7) is 0.569. The number of thiazole rings is 1. The van der Waals surface area contributed by atoms with E-state index in [9.17, 15) is 5.11 Å². The molecule has 0 aromatic carbocycles. The van der Waals surface area contributed by atoms with Gasteiger partial charge in [-0.15, -0.1) is 11.3 Å². The van der Waals surface area contributed by atoms with Crippen molar-refractivity contribution in [3.63, 3.8) is 0 Å². The summed E-state index contributed by atoms with van der Waals surface area (Å²) >= 11 is 1.49. The molecule has 6 nitrogen and oxygen atoms in total. The van der Waals surface area contributed by atoms with Gasteiger partial charge in [-0.05, 0) is 6.42 Å². The van der Waals surface area contributed by atoms with Crippen LogP contribution >= 0.6 is 11.3 Å². The van der Waals surface area contributed by atoms with Crippen LogP contribution in [0.2, 0.25) is 0 Å². The van der Waals surface area contributed by atoms with Crippen LogP contribution in [-0.4, -0.2) is 32.9 Å². The Hall–Kier alpha value is -1.31. The topological polar surface area (TPSA) is 84.1 Å². The van der Waals surface area contributed by atoms with Gasteiger partial charge < -0.3 is 14.9 Å². The van der Waals surface area contributed by atoms with Crippen molar-refractivity contribution in [2.45, 2.75) is 18.6 Å². The lowest BCUT2D eigenvalue weighted by Gasteiger charge is -2.01. The fourth-order valence-corrected chi connectivity index (χ4v) is 2.24. The van der Waals surface area contributed by atoms with Crippen LogP contribution in [-0.2, 0) is 0 Å². The van der Waals surface area contributed by atoms with Crippen molar-refractivity contribution in [3.05, 3.63) is 16.8 Å². The number of hydrogen-bond donors (Lipinski definition) is 2. The highest BCUT2D eigenvalue weighted by atomic mass is 32.1. The average Bonchev–Trinajstić information content (AvgIpc) is 2.97. The van der Waals surface area contributed by atoms with E-state index >= 15 is 0 Å². The molecule has 2 atom stereocenters. The van der Waals surface area contributed by atoms with E-state index in [4.69, 9.17) is 4.52 Å². The van der Waals surface area contributed by atoms with Crippen molar-refractivity contribution in [2.24, 2.45) is 0 Å². The third-order valence-electron chi connectivity index (χ3n) is 2.51. The van der Waals surface area contributed by atoms with Crippen molar-refractivity contribution in [1.29, 1.82) is 0 Å². The van der Waals surface area contributed by atoms with Gasteiger partial charge in [0.2, 0.25) is 11.7 Å². The summed E-state index contributed by atoms with van der Waals surface area (Å²) in [5.74, 6) is 1.01. The van der Waals surface area contributed by atoms with Crippen molar-refractivity contribution in [2.75, 3.05) is 6.54 Å². The molecule has 0 bridgehead atoms. The zero-order valence-electron chi connectivity index (χ0n) is 8.33. The Kier molecular flexibility index (Phi) is 2.43. The first-order valence-electron chi connectivity index (χ1n) is 4.96. The largest absolute Gasteiger partial charge is 0.392 e. The summed E-state index contributed by atoms with van der Waals surface area (Å²) in [7, 11) is 0. The SMILES string of the molecule is OC1CNC(c2nc(-c3cscn3)no2)C1. The highest BCUT2D eigenvalue weighted by Gasteiger charge is 2.28. The predicted molar refractivity (Wildman–Crippen MR) is 56.8 cm³/mol. The summed E-state index contributed by atoms with van der Waals surface area (Å²) in [5, 5.41) is 18.2. The van der Waals surface area contributed by atoms with Crippen LogP contribution in [0.3, 0.4) is 0 Å². The number of hydrogen-bond acceptors (Lipinski definition) is 7. The van der Waals surface area contributed by atoms with Gasteiger partial charge in [0.15, 0.2) is 0 Å². The molecule has 84 valence electrons. The second kappa shape index (κ2) is 3.93. The van der Waals surface area contributed by atoms with Gasteiger partial charge in [0.1, 0.15) is 5.69 Å². The van der Waals surface area contributed by atoms with Crippen molar-refractivity contribution < 1.29 is 9.63 Å². The Bertz CT molecular complexity index is 470. The highest BCUT2D eigenvalue weighted by molar-refractivity contribution is 7.07. The van der Waals surface area contributed by atoms with Gasteiger partial charge in [0, 0.05) is 11.9 Å². The summed E-state index contributed by atoms with van der Waals surface area (Å²) in [5.41, 5.74) is 2.45. The predicted octanol–water partition coefficient (Wildman–Crippen LogP) is 0.588. The Morgan fingerprint density at radius 3 is 3.19 bits per heavy atom. The van der Waals surface area contributed by atoms with E-state index in [-0.39, 0.29) is 12.1 Å². The fourth-order valence-electron chi connectivity index (χ4n) is 1.71. The van der Waals surface area contributed by atoms with Crippen molar-refractivity contribution in [1.82, 2.24) is 20.4 Å². The maximum Gasteiger partial charge on any atom is 0.244 e. The molecule has 0 spiro atoms. The van der Waals surface area contributed by atoms with Crippen molar-refractivity contribution in [3.8, 4) is 11.5 Å². The van der Waals surface area contributed by atoms with Crippen LogP contribution in [0.25, 0.3) is 11.5 Å². The van der Waals surface area contributed by atoms with Crippen LogP contribution in [0.4, 0.5) is 0 Å². The molecule has 16 heavy (non-hydrogen) atoms. The molecule has 0 radical (unpaired) electrons. The van der Waals surface area contributed by atoms with Gasteiger partial charge in [-0.2, -0.15) is 4.98 Å². The molecule has 3 rings (SSSR count). The van der Waals surface area contributed by atoms with Gasteiger partial charge in [-0.3, -0.25) is 0 Å². The second-order valence-electron chi connectivity index (χ2n) is 3.68. The second-order valence-corrected chi connectivity index (χ2v) is 4.40. The molecule has 2 aromatic rings. The van der Waals surface area contributed by atoms with E-state index in [0.717, 1.165) is 5.69 Å². The molecule has 2 aromatic heterocycles. The molecule has 0 saturated carbocycles. The third kappa shape index (κ3) is 1.73. The van der Waals surface area contributed by atoms with E-state index in [1.54, 1.807) is 5.51 Å². The molecule has 3 heterocycles. The van der Waals surface area contributed by atoms with Gasteiger partial charge >= 0.3 is 0 Å². The minimum Gasteiger partial charge on any atom is -0.392 e. The Morgan fingerprint density at radius 1 is 1.56 bits per heavy atom. The maximum atomic E-state index is 9.39. The highest BCUT2D eigenvalue weighted by Crippen LogP contribution is 2.24. The lowest BCUT2D eigenvalue weighted by Crippen LogP contribution is -2.15. The van der Waals surface area contributed by atoms with Crippen LogP contribution in [0.5, 0.6) is 0 Å². The first-order chi connectivity index (χ1) is 7.83. The summed E-state index contributed by atoms with van der Waals surface area (Å²) in [4.78, 5) is 8.37. The van der Waals surface area contributed by atoms with E-state index in [1.807, 2.05) is 5.38 Å². The van der Waals surface area contributed by atoms with Gasteiger partial charge in [-0.1, -0.05) is 5.16 Å². The standard InChI is InChI=1S/C9H10N4O2S/c14-5-1-6(10-2-5)9-12-8(13-15-9)7-3-16-4-11-7/h3-6,10,14H,1-2H2. The van der Waals surface area contributed by atoms with Crippen LogP contribution in [0.1, 0.15) is 18.4 Å². The van der Waals surface area contributed by atoms with Gasteiger partial charge in [-0.25, -0.2) is 4.98 Å². The number of aromatic nitrogens is 3. The number of aliphatic hydroxyl groups is 1. The molecule has 0 aliphatic carbocycles. The van der Waals surface area contributed by atoms with E-state index in [2.05, 4.69) is 20.4 Å². The molecule has 1 aliphatic heterocycles. The summed E-state index contributed by atoms with van der Waals surface area (Å²) in [6.07, 6.45) is 0.276. The normalized spacial score (nSPS) is 25.1. The molecule has 0 amide bonds.